The van der Waals surface area contributed by atoms with E-state index in [1.807, 2.05) is 6.07 Å². The third-order valence-corrected chi connectivity index (χ3v) is 5.13. The highest BCUT2D eigenvalue weighted by atomic mass is 16.6. The van der Waals surface area contributed by atoms with Gasteiger partial charge in [-0.2, -0.15) is 0 Å². The van der Waals surface area contributed by atoms with Crippen LogP contribution >= 0.6 is 0 Å². The SMILES string of the molecule is Nc1ccnc(CN(Cc2ccc3c(c2)OCCO3)C2CCCNCC2)n1. The van der Waals surface area contributed by atoms with E-state index in [0.29, 0.717) is 31.6 Å². The quantitative estimate of drug-likeness (QED) is 0.833. The molecule has 0 aliphatic carbocycles. The van der Waals surface area contributed by atoms with Crippen LogP contribution in [-0.4, -0.2) is 47.2 Å². The van der Waals surface area contributed by atoms with Gasteiger partial charge in [0.15, 0.2) is 11.5 Å². The fourth-order valence-electron chi connectivity index (χ4n) is 3.77. The molecule has 27 heavy (non-hydrogen) atoms. The number of benzene rings is 1. The number of anilines is 1. The van der Waals surface area contributed by atoms with Crippen LogP contribution < -0.4 is 20.5 Å². The van der Waals surface area contributed by atoms with Crippen LogP contribution in [0.5, 0.6) is 11.5 Å². The molecule has 0 bridgehead atoms. The summed E-state index contributed by atoms with van der Waals surface area (Å²) in [7, 11) is 0. The van der Waals surface area contributed by atoms with E-state index in [2.05, 4.69) is 32.3 Å². The van der Waals surface area contributed by atoms with Crippen molar-refractivity contribution < 1.29 is 9.47 Å². The third-order valence-electron chi connectivity index (χ3n) is 5.13. The predicted octanol–water partition coefficient (Wildman–Crippen LogP) is 1.97. The van der Waals surface area contributed by atoms with Crippen molar-refractivity contribution in [3.63, 3.8) is 0 Å². The molecule has 1 aromatic heterocycles. The molecule has 4 rings (SSSR count). The maximum atomic E-state index is 5.86. The Bertz CT molecular complexity index is 762. The maximum absolute atomic E-state index is 5.86. The van der Waals surface area contributed by atoms with Crippen molar-refractivity contribution in [2.24, 2.45) is 0 Å². The summed E-state index contributed by atoms with van der Waals surface area (Å²) in [5, 5.41) is 3.50. The summed E-state index contributed by atoms with van der Waals surface area (Å²) < 4.78 is 11.4. The average molecular weight is 369 g/mol. The van der Waals surface area contributed by atoms with E-state index in [9.17, 15) is 0 Å². The lowest BCUT2D eigenvalue weighted by atomic mass is 10.1. The molecule has 2 aliphatic rings. The first kappa shape index (κ1) is 18.0. The molecule has 0 saturated carbocycles. The number of rotatable bonds is 5. The van der Waals surface area contributed by atoms with E-state index in [4.69, 9.17) is 15.2 Å². The van der Waals surface area contributed by atoms with Gasteiger partial charge in [0.05, 0.1) is 6.54 Å². The molecule has 3 heterocycles. The topological polar surface area (TPSA) is 85.5 Å². The largest absolute Gasteiger partial charge is 0.486 e. The Hall–Kier alpha value is -2.38. The highest BCUT2D eigenvalue weighted by Crippen LogP contribution is 2.31. The van der Waals surface area contributed by atoms with Gasteiger partial charge in [0.1, 0.15) is 24.9 Å². The molecule has 7 nitrogen and oxygen atoms in total. The van der Waals surface area contributed by atoms with E-state index in [-0.39, 0.29) is 0 Å². The molecular weight excluding hydrogens is 342 g/mol. The first-order chi connectivity index (χ1) is 13.3. The van der Waals surface area contributed by atoms with Gasteiger partial charge in [-0.05, 0) is 56.1 Å². The molecule has 1 fully saturated rings. The molecule has 1 aromatic carbocycles. The molecule has 2 aromatic rings. The van der Waals surface area contributed by atoms with Crippen LogP contribution in [0.1, 0.15) is 30.7 Å². The highest BCUT2D eigenvalue weighted by molar-refractivity contribution is 5.43. The zero-order valence-corrected chi connectivity index (χ0v) is 15.6. The number of hydrogen-bond donors (Lipinski definition) is 2. The number of fused-ring (bicyclic) bond motifs is 1. The first-order valence-corrected chi connectivity index (χ1v) is 9.68. The van der Waals surface area contributed by atoms with Gasteiger partial charge < -0.3 is 20.5 Å². The van der Waals surface area contributed by atoms with Crippen LogP contribution in [0, 0.1) is 0 Å². The summed E-state index contributed by atoms with van der Waals surface area (Å²) in [6.07, 6.45) is 5.20. The Morgan fingerprint density at radius 2 is 1.96 bits per heavy atom. The zero-order chi connectivity index (χ0) is 18.5. The fraction of sp³-hybridized carbons (Fsp3) is 0.500. The second-order valence-electron chi connectivity index (χ2n) is 7.12. The molecule has 7 heteroatoms. The molecule has 0 spiro atoms. The van der Waals surface area contributed by atoms with Gasteiger partial charge >= 0.3 is 0 Å². The predicted molar refractivity (Wildman–Crippen MR) is 104 cm³/mol. The van der Waals surface area contributed by atoms with Crippen molar-refractivity contribution >= 4 is 5.82 Å². The van der Waals surface area contributed by atoms with E-state index < -0.39 is 0 Å². The molecule has 0 amide bonds. The summed E-state index contributed by atoms with van der Waals surface area (Å²) in [5.74, 6) is 2.95. The number of nitrogens with two attached hydrogens (primary N) is 1. The number of ether oxygens (including phenoxy) is 2. The summed E-state index contributed by atoms with van der Waals surface area (Å²) in [6.45, 7) is 4.85. The monoisotopic (exact) mass is 369 g/mol. The van der Waals surface area contributed by atoms with Gasteiger partial charge in [-0.25, -0.2) is 9.97 Å². The maximum Gasteiger partial charge on any atom is 0.161 e. The van der Waals surface area contributed by atoms with E-state index in [1.165, 1.54) is 18.4 Å². The van der Waals surface area contributed by atoms with Gasteiger partial charge in [0.25, 0.3) is 0 Å². The molecule has 1 atom stereocenters. The minimum absolute atomic E-state index is 0.484. The van der Waals surface area contributed by atoms with Gasteiger partial charge in [0.2, 0.25) is 0 Å². The van der Waals surface area contributed by atoms with Crippen LogP contribution in [0.2, 0.25) is 0 Å². The molecule has 2 aliphatic heterocycles. The van der Waals surface area contributed by atoms with Gasteiger partial charge in [-0.3, -0.25) is 4.90 Å². The van der Waals surface area contributed by atoms with Gasteiger partial charge in [-0.15, -0.1) is 0 Å². The first-order valence-electron chi connectivity index (χ1n) is 9.68. The minimum atomic E-state index is 0.484. The van der Waals surface area contributed by atoms with Crippen molar-refractivity contribution in [3.05, 3.63) is 41.9 Å². The van der Waals surface area contributed by atoms with Gasteiger partial charge in [-0.1, -0.05) is 6.07 Å². The van der Waals surface area contributed by atoms with Gasteiger partial charge in [0, 0.05) is 18.8 Å². The highest BCUT2D eigenvalue weighted by Gasteiger charge is 2.22. The second kappa shape index (κ2) is 8.54. The van der Waals surface area contributed by atoms with Crippen molar-refractivity contribution in [2.45, 2.75) is 38.4 Å². The molecule has 0 radical (unpaired) electrons. The van der Waals surface area contributed by atoms with Crippen LogP contribution in [0.15, 0.2) is 30.5 Å². The fourth-order valence-corrected chi connectivity index (χ4v) is 3.77. The third kappa shape index (κ3) is 4.67. The Kier molecular flexibility index (Phi) is 5.69. The van der Waals surface area contributed by atoms with Crippen molar-refractivity contribution in [2.75, 3.05) is 32.0 Å². The van der Waals surface area contributed by atoms with Crippen LogP contribution in [0.3, 0.4) is 0 Å². The van der Waals surface area contributed by atoms with Crippen LogP contribution in [0.25, 0.3) is 0 Å². The smallest absolute Gasteiger partial charge is 0.161 e. The lowest BCUT2D eigenvalue weighted by Gasteiger charge is -2.31. The van der Waals surface area contributed by atoms with Crippen molar-refractivity contribution in [1.82, 2.24) is 20.2 Å². The number of nitrogens with one attached hydrogen (secondary N) is 1. The number of nitrogen functional groups attached to an aromatic ring is 1. The minimum Gasteiger partial charge on any atom is -0.486 e. The lowest BCUT2D eigenvalue weighted by molar-refractivity contribution is 0.157. The van der Waals surface area contributed by atoms with Crippen molar-refractivity contribution in [3.8, 4) is 11.5 Å². The summed E-state index contributed by atoms with van der Waals surface area (Å²) in [5.41, 5.74) is 7.07. The number of aromatic nitrogens is 2. The molecular formula is C20H27N5O2. The lowest BCUT2D eigenvalue weighted by Crippen LogP contribution is -2.35. The molecule has 144 valence electrons. The Labute approximate surface area is 159 Å². The summed E-state index contributed by atoms with van der Waals surface area (Å²) in [4.78, 5) is 11.3. The molecule has 1 saturated heterocycles. The normalized spacial score (nSPS) is 19.7. The van der Waals surface area contributed by atoms with Crippen LogP contribution in [-0.2, 0) is 13.1 Å². The zero-order valence-electron chi connectivity index (χ0n) is 15.6. The number of hydrogen-bond acceptors (Lipinski definition) is 7. The van der Waals surface area contributed by atoms with E-state index in [0.717, 1.165) is 43.4 Å². The Morgan fingerprint density at radius 3 is 2.85 bits per heavy atom. The van der Waals surface area contributed by atoms with E-state index >= 15 is 0 Å². The summed E-state index contributed by atoms with van der Waals surface area (Å²) >= 11 is 0. The van der Waals surface area contributed by atoms with E-state index in [1.54, 1.807) is 12.3 Å². The number of nitrogens with zero attached hydrogens (tertiary/aromatic N) is 3. The van der Waals surface area contributed by atoms with Crippen LogP contribution in [0.4, 0.5) is 5.82 Å². The molecule has 3 N–H and O–H groups in total. The summed E-state index contributed by atoms with van der Waals surface area (Å²) in [6, 6.07) is 8.43. The Morgan fingerprint density at radius 1 is 1.07 bits per heavy atom. The average Bonchev–Trinajstić information content (AvgIpc) is 2.97. The van der Waals surface area contributed by atoms with Crippen molar-refractivity contribution in [1.29, 1.82) is 0 Å². The second-order valence-corrected chi connectivity index (χ2v) is 7.12. The standard InChI is InChI=1S/C20H27N5O2/c21-19-6-9-23-20(24-19)14-25(16-2-1-7-22-8-5-16)13-15-3-4-17-18(12-15)27-11-10-26-17/h3-4,6,9,12,16,22H,1-2,5,7-8,10-11,13-14H2,(H2,21,23,24). The Balaban J connectivity index is 1.55. The molecule has 1 unspecified atom stereocenters.